The highest BCUT2D eigenvalue weighted by Crippen LogP contribution is 2.24. The number of rotatable bonds is 7. The smallest absolute Gasteiger partial charge is 0.241 e. The first-order valence-corrected chi connectivity index (χ1v) is 9.84. The fourth-order valence-corrected chi connectivity index (χ4v) is 3.35. The number of hydrogen-bond donors (Lipinski definition) is 1. The summed E-state index contributed by atoms with van der Waals surface area (Å²) in [6.45, 7) is 6.47. The Bertz CT molecular complexity index is 716. The molecule has 3 rings (SSSR count). The van der Waals surface area contributed by atoms with Gasteiger partial charge in [-0.1, -0.05) is 20.3 Å². The van der Waals surface area contributed by atoms with E-state index in [0.717, 1.165) is 43.8 Å². The number of likely N-dealkylation sites (tertiary alicyclic amines) is 1. The molecule has 2 heterocycles. The van der Waals surface area contributed by atoms with E-state index in [1.165, 1.54) is 6.42 Å². The SMILES string of the molecule is CC(C)CCN1CCCCC1C(=O)Nc1ccc(Oc2cccnc2)cc1. The molecule has 27 heavy (non-hydrogen) atoms. The third kappa shape index (κ3) is 5.79. The van der Waals surface area contributed by atoms with Crippen LogP contribution in [0.2, 0.25) is 0 Å². The Morgan fingerprint density at radius 1 is 1.22 bits per heavy atom. The van der Waals surface area contributed by atoms with Crippen molar-refractivity contribution < 1.29 is 9.53 Å². The van der Waals surface area contributed by atoms with E-state index in [2.05, 4.69) is 29.0 Å². The lowest BCUT2D eigenvalue weighted by molar-refractivity contribution is -0.122. The van der Waals surface area contributed by atoms with Gasteiger partial charge in [-0.05, 0) is 74.7 Å². The number of anilines is 1. The standard InChI is InChI=1S/C22H29N3O2/c1-17(2)12-15-25-14-4-3-7-21(25)22(26)24-18-8-10-19(11-9-18)27-20-6-5-13-23-16-20/h5-6,8-11,13,16-17,21H,3-4,7,12,14-15H2,1-2H3,(H,24,26). The van der Waals surface area contributed by atoms with Crippen LogP contribution in [0.1, 0.15) is 39.5 Å². The van der Waals surface area contributed by atoms with Gasteiger partial charge in [0.2, 0.25) is 5.91 Å². The first kappa shape index (κ1) is 19.4. The fraction of sp³-hybridized carbons (Fsp3) is 0.455. The van der Waals surface area contributed by atoms with Crippen molar-refractivity contribution in [1.29, 1.82) is 0 Å². The summed E-state index contributed by atoms with van der Waals surface area (Å²) in [6, 6.07) is 11.1. The highest BCUT2D eigenvalue weighted by molar-refractivity contribution is 5.94. The molecule has 144 valence electrons. The molecule has 0 spiro atoms. The van der Waals surface area contributed by atoms with Gasteiger partial charge in [-0.3, -0.25) is 14.7 Å². The Kier molecular flexibility index (Phi) is 6.82. The van der Waals surface area contributed by atoms with E-state index in [1.54, 1.807) is 12.4 Å². The number of carbonyl (C=O) groups excluding carboxylic acids is 1. The molecule has 1 aromatic heterocycles. The lowest BCUT2D eigenvalue weighted by Crippen LogP contribution is -2.47. The Morgan fingerprint density at radius 2 is 2.04 bits per heavy atom. The molecule has 0 aliphatic carbocycles. The molecule has 0 bridgehead atoms. The molecule has 1 aromatic carbocycles. The number of hydrogen-bond acceptors (Lipinski definition) is 4. The van der Waals surface area contributed by atoms with Crippen LogP contribution in [0.15, 0.2) is 48.8 Å². The van der Waals surface area contributed by atoms with Crippen molar-refractivity contribution in [3.63, 3.8) is 0 Å². The highest BCUT2D eigenvalue weighted by atomic mass is 16.5. The van der Waals surface area contributed by atoms with Crippen LogP contribution >= 0.6 is 0 Å². The maximum atomic E-state index is 12.8. The molecular weight excluding hydrogens is 338 g/mol. The molecule has 5 heteroatoms. The third-order valence-electron chi connectivity index (χ3n) is 4.90. The Labute approximate surface area is 161 Å². The van der Waals surface area contributed by atoms with Crippen molar-refractivity contribution in [2.24, 2.45) is 5.92 Å². The summed E-state index contributed by atoms with van der Waals surface area (Å²) < 4.78 is 5.74. The number of carbonyl (C=O) groups is 1. The molecule has 1 atom stereocenters. The molecular formula is C22H29N3O2. The van der Waals surface area contributed by atoms with Gasteiger partial charge in [-0.25, -0.2) is 0 Å². The minimum atomic E-state index is -0.0242. The predicted octanol–water partition coefficient (Wildman–Crippen LogP) is 4.71. The minimum absolute atomic E-state index is 0.0242. The number of pyridine rings is 1. The largest absolute Gasteiger partial charge is 0.456 e. The molecule has 1 aliphatic heterocycles. The predicted molar refractivity (Wildman–Crippen MR) is 108 cm³/mol. The molecule has 1 fully saturated rings. The molecule has 0 radical (unpaired) electrons. The van der Waals surface area contributed by atoms with Crippen LogP contribution < -0.4 is 10.1 Å². The molecule has 2 aromatic rings. The molecule has 0 saturated carbocycles. The zero-order chi connectivity index (χ0) is 19.1. The van der Waals surface area contributed by atoms with Gasteiger partial charge in [-0.15, -0.1) is 0 Å². The second-order valence-electron chi connectivity index (χ2n) is 7.53. The van der Waals surface area contributed by atoms with Crippen molar-refractivity contribution in [1.82, 2.24) is 9.88 Å². The van der Waals surface area contributed by atoms with Gasteiger partial charge < -0.3 is 10.1 Å². The Morgan fingerprint density at radius 3 is 2.74 bits per heavy atom. The van der Waals surface area contributed by atoms with E-state index in [0.29, 0.717) is 11.7 Å². The van der Waals surface area contributed by atoms with E-state index >= 15 is 0 Å². The zero-order valence-corrected chi connectivity index (χ0v) is 16.2. The average molecular weight is 367 g/mol. The van der Waals surface area contributed by atoms with Gasteiger partial charge in [0.1, 0.15) is 11.5 Å². The summed E-state index contributed by atoms with van der Waals surface area (Å²) in [7, 11) is 0. The van der Waals surface area contributed by atoms with Crippen molar-refractivity contribution in [3.8, 4) is 11.5 Å². The number of amides is 1. The van der Waals surface area contributed by atoms with E-state index in [9.17, 15) is 4.79 Å². The van der Waals surface area contributed by atoms with Crippen LogP contribution in [0.4, 0.5) is 5.69 Å². The molecule has 1 amide bonds. The second-order valence-corrected chi connectivity index (χ2v) is 7.53. The van der Waals surface area contributed by atoms with Crippen LogP contribution in [-0.2, 0) is 4.79 Å². The van der Waals surface area contributed by atoms with Crippen molar-refractivity contribution in [3.05, 3.63) is 48.8 Å². The summed E-state index contributed by atoms with van der Waals surface area (Å²) in [5, 5.41) is 3.07. The van der Waals surface area contributed by atoms with Crippen LogP contribution in [0.25, 0.3) is 0 Å². The van der Waals surface area contributed by atoms with Gasteiger partial charge in [-0.2, -0.15) is 0 Å². The van der Waals surface area contributed by atoms with Gasteiger partial charge in [0.05, 0.1) is 12.2 Å². The van der Waals surface area contributed by atoms with Gasteiger partial charge in [0.15, 0.2) is 0 Å². The fourth-order valence-electron chi connectivity index (χ4n) is 3.35. The van der Waals surface area contributed by atoms with Gasteiger partial charge in [0, 0.05) is 11.9 Å². The van der Waals surface area contributed by atoms with E-state index in [4.69, 9.17) is 4.74 Å². The molecule has 1 N–H and O–H groups in total. The third-order valence-corrected chi connectivity index (χ3v) is 4.90. The number of nitrogens with zero attached hydrogens (tertiary/aromatic N) is 2. The zero-order valence-electron chi connectivity index (χ0n) is 16.2. The van der Waals surface area contributed by atoms with Gasteiger partial charge in [0.25, 0.3) is 0 Å². The van der Waals surface area contributed by atoms with Crippen LogP contribution in [0, 0.1) is 5.92 Å². The first-order valence-electron chi connectivity index (χ1n) is 9.84. The first-order chi connectivity index (χ1) is 13.1. The summed E-state index contributed by atoms with van der Waals surface area (Å²) in [4.78, 5) is 19.2. The lowest BCUT2D eigenvalue weighted by atomic mass is 10.00. The Balaban J connectivity index is 1.57. The minimum Gasteiger partial charge on any atom is -0.456 e. The van der Waals surface area contributed by atoms with Gasteiger partial charge >= 0.3 is 0 Å². The average Bonchev–Trinajstić information content (AvgIpc) is 2.69. The van der Waals surface area contributed by atoms with Crippen molar-refractivity contribution >= 4 is 11.6 Å². The molecule has 1 unspecified atom stereocenters. The van der Waals surface area contributed by atoms with Crippen LogP contribution in [0.5, 0.6) is 11.5 Å². The number of aromatic nitrogens is 1. The molecule has 5 nitrogen and oxygen atoms in total. The topological polar surface area (TPSA) is 54.5 Å². The number of benzene rings is 1. The quantitative estimate of drug-likeness (QED) is 0.770. The van der Waals surface area contributed by atoms with E-state index in [1.807, 2.05) is 36.4 Å². The highest BCUT2D eigenvalue weighted by Gasteiger charge is 2.28. The lowest BCUT2D eigenvalue weighted by Gasteiger charge is -2.35. The van der Waals surface area contributed by atoms with Crippen LogP contribution in [-0.4, -0.2) is 34.9 Å². The van der Waals surface area contributed by atoms with E-state index in [-0.39, 0.29) is 11.9 Å². The molecule has 1 saturated heterocycles. The number of nitrogens with one attached hydrogen (secondary N) is 1. The van der Waals surface area contributed by atoms with E-state index < -0.39 is 0 Å². The normalized spacial score (nSPS) is 17.7. The summed E-state index contributed by atoms with van der Waals surface area (Å²) >= 11 is 0. The summed E-state index contributed by atoms with van der Waals surface area (Å²) in [5.74, 6) is 2.16. The summed E-state index contributed by atoms with van der Waals surface area (Å²) in [6.07, 6.45) is 7.75. The van der Waals surface area contributed by atoms with Crippen molar-refractivity contribution in [2.45, 2.75) is 45.6 Å². The second kappa shape index (κ2) is 9.51. The van der Waals surface area contributed by atoms with Crippen molar-refractivity contribution in [2.75, 3.05) is 18.4 Å². The maximum absolute atomic E-state index is 12.8. The molecule has 1 aliphatic rings. The Hall–Kier alpha value is -2.40. The van der Waals surface area contributed by atoms with Crippen LogP contribution in [0.3, 0.4) is 0 Å². The number of ether oxygens (including phenoxy) is 1. The maximum Gasteiger partial charge on any atom is 0.241 e. The monoisotopic (exact) mass is 367 g/mol. The number of piperidine rings is 1. The summed E-state index contributed by atoms with van der Waals surface area (Å²) in [5.41, 5.74) is 0.799.